The zero-order chi connectivity index (χ0) is 15.9. The molecule has 5 heterocycles. The van der Waals surface area contributed by atoms with Crippen LogP contribution < -0.4 is 0 Å². The summed E-state index contributed by atoms with van der Waals surface area (Å²) in [6, 6.07) is 16.4. The first-order chi connectivity index (χ1) is 11.8. The minimum atomic E-state index is 0. The van der Waals surface area contributed by atoms with E-state index in [1.807, 2.05) is 48.6 Å². The van der Waals surface area contributed by atoms with Crippen molar-refractivity contribution < 1.29 is 19.5 Å². The predicted octanol–water partition coefficient (Wildman–Crippen LogP) is 4.27. The van der Waals surface area contributed by atoms with Crippen LogP contribution in [0.4, 0.5) is 0 Å². The van der Waals surface area contributed by atoms with Crippen molar-refractivity contribution in [2.45, 2.75) is 0 Å². The molecule has 0 fully saturated rings. The molecule has 2 aliphatic rings. The molecule has 0 saturated carbocycles. The smallest absolute Gasteiger partial charge is 0.0658 e. The molecule has 3 aromatic rings. The van der Waals surface area contributed by atoms with Gasteiger partial charge in [-0.25, -0.2) is 9.97 Å². The summed E-state index contributed by atoms with van der Waals surface area (Å²) in [7, 11) is 0. The van der Waals surface area contributed by atoms with Gasteiger partial charge in [-0.3, -0.25) is 0 Å². The van der Waals surface area contributed by atoms with Crippen molar-refractivity contribution in [3.05, 3.63) is 71.3 Å². The number of aromatic amines is 2. The summed E-state index contributed by atoms with van der Waals surface area (Å²) in [5.74, 6) is 0. The Morgan fingerprint density at radius 1 is 0.500 bits per heavy atom. The molecule has 0 unspecified atom stereocenters. The van der Waals surface area contributed by atoms with E-state index >= 15 is 0 Å². The minimum absolute atomic E-state index is 0. The molecule has 0 atom stereocenters. The summed E-state index contributed by atoms with van der Waals surface area (Å²) in [4.78, 5) is 16.0. The first-order valence-corrected chi connectivity index (χ1v) is 7.85. The second-order valence-electron chi connectivity index (χ2n) is 5.91. The molecule has 2 N–H and O–H groups in total. The predicted molar refractivity (Wildman–Crippen MR) is 105 cm³/mol. The van der Waals surface area contributed by atoms with Gasteiger partial charge in [-0.2, -0.15) is 0 Å². The summed E-state index contributed by atoms with van der Waals surface area (Å²) in [6.45, 7) is 0. The molecule has 4 radical (unpaired) electrons. The van der Waals surface area contributed by atoms with Crippen molar-refractivity contribution in [2.24, 2.45) is 0 Å². The maximum Gasteiger partial charge on any atom is 0.0658 e. The SMILES string of the molecule is C1=Cc2cc3ccc(cc4nc(cc5ccc(cc1n2)[nH]5)C=C4)[nH]3.[Sn].[Zn]. The third kappa shape index (κ3) is 3.89. The molecular weight excluding hydrogens is 480 g/mol. The van der Waals surface area contributed by atoms with Crippen LogP contribution in [0.2, 0.25) is 0 Å². The fraction of sp³-hybridized carbons (Fsp3) is 0. The molecule has 2 aliphatic heterocycles. The topological polar surface area (TPSA) is 57.4 Å². The van der Waals surface area contributed by atoms with E-state index in [9.17, 15) is 0 Å². The average Bonchev–Trinajstić information content (AvgIpc) is 3.32. The number of rotatable bonds is 0. The Morgan fingerprint density at radius 2 is 0.769 bits per heavy atom. The number of fused-ring (bicyclic) bond motifs is 8. The van der Waals surface area contributed by atoms with Crippen LogP contribution >= 0.6 is 0 Å². The number of nitrogens with one attached hydrogen (secondary N) is 2. The van der Waals surface area contributed by atoms with Gasteiger partial charge in [-0.05, 0) is 72.8 Å². The average molecular weight is 494 g/mol. The number of nitrogens with zero attached hydrogens (tertiary/aromatic N) is 2. The van der Waals surface area contributed by atoms with Gasteiger partial charge in [0.15, 0.2) is 0 Å². The van der Waals surface area contributed by atoms with Gasteiger partial charge in [-0.1, -0.05) is 0 Å². The van der Waals surface area contributed by atoms with Crippen LogP contribution in [-0.4, -0.2) is 43.8 Å². The van der Waals surface area contributed by atoms with E-state index in [2.05, 4.69) is 44.2 Å². The zero-order valence-electron chi connectivity index (χ0n) is 14.0. The van der Waals surface area contributed by atoms with E-state index in [4.69, 9.17) is 0 Å². The molecule has 0 aliphatic carbocycles. The van der Waals surface area contributed by atoms with Crippen molar-refractivity contribution in [3.8, 4) is 0 Å². The second-order valence-corrected chi connectivity index (χ2v) is 5.91. The summed E-state index contributed by atoms with van der Waals surface area (Å²) in [5, 5.41) is 0. The van der Waals surface area contributed by atoms with Gasteiger partial charge in [-0.15, -0.1) is 0 Å². The molecule has 26 heavy (non-hydrogen) atoms. The number of hydrogen-bond donors (Lipinski definition) is 2. The van der Waals surface area contributed by atoms with E-state index in [1.165, 1.54) is 0 Å². The third-order valence-corrected chi connectivity index (χ3v) is 4.04. The number of H-pyrrole nitrogens is 2. The monoisotopic (exact) mass is 494 g/mol. The van der Waals surface area contributed by atoms with Crippen LogP contribution in [-0.2, 0) is 19.5 Å². The van der Waals surface area contributed by atoms with Gasteiger partial charge in [0.2, 0.25) is 0 Å². The molecular formula is C20H14N4SnZn. The second kappa shape index (κ2) is 7.72. The standard InChI is InChI=1S/C20H14N4.Sn.Zn/c1-2-14-10-16-5-6-18(23-16)12-20-8-7-19(24-20)11-17-4-3-15(22-17)9-13(1)21-14;;/h1-12,21,24H;;. The molecule has 4 nitrogen and oxygen atoms in total. The Bertz CT molecular complexity index is 996. The molecule has 0 aromatic carbocycles. The van der Waals surface area contributed by atoms with Crippen LogP contribution in [0.3, 0.4) is 0 Å². The van der Waals surface area contributed by atoms with E-state index in [0.717, 1.165) is 44.8 Å². The van der Waals surface area contributed by atoms with Gasteiger partial charge in [0.1, 0.15) is 0 Å². The van der Waals surface area contributed by atoms with Crippen LogP contribution in [0.1, 0.15) is 22.8 Å². The van der Waals surface area contributed by atoms with Crippen molar-refractivity contribution >= 4 is 70.3 Å². The van der Waals surface area contributed by atoms with E-state index in [0.29, 0.717) is 0 Å². The maximum absolute atomic E-state index is 4.63. The Labute approximate surface area is 180 Å². The number of hydrogen-bond acceptors (Lipinski definition) is 2. The van der Waals surface area contributed by atoms with E-state index in [-0.39, 0.29) is 43.4 Å². The van der Waals surface area contributed by atoms with Crippen LogP contribution in [0.15, 0.2) is 48.5 Å². The van der Waals surface area contributed by atoms with Crippen molar-refractivity contribution in [3.63, 3.8) is 0 Å². The van der Waals surface area contributed by atoms with E-state index < -0.39 is 0 Å². The Balaban J connectivity index is 0.000000980. The largest absolute Gasteiger partial charge is 0.355 e. The van der Waals surface area contributed by atoms with Crippen LogP contribution in [0.25, 0.3) is 46.4 Å². The van der Waals surface area contributed by atoms with E-state index in [1.54, 1.807) is 0 Å². The first kappa shape index (κ1) is 18.8. The first-order valence-electron chi connectivity index (χ1n) is 7.85. The minimum Gasteiger partial charge on any atom is -0.355 e. The molecule has 0 amide bonds. The number of aromatic nitrogens is 4. The Kier molecular flexibility index (Phi) is 5.59. The normalized spacial score (nSPS) is 11.7. The van der Waals surface area contributed by atoms with Gasteiger partial charge in [0.05, 0.1) is 22.8 Å². The molecule has 6 heteroatoms. The molecule has 8 bridgehead atoms. The Morgan fingerprint density at radius 3 is 1.04 bits per heavy atom. The summed E-state index contributed by atoms with van der Waals surface area (Å²) >= 11 is 0. The zero-order valence-corrected chi connectivity index (χ0v) is 19.9. The Hall–Kier alpha value is -1.98. The van der Waals surface area contributed by atoms with Gasteiger partial charge < -0.3 is 9.97 Å². The third-order valence-electron chi connectivity index (χ3n) is 4.04. The quantitative estimate of drug-likeness (QED) is 0.316. The summed E-state index contributed by atoms with van der Waals surface area (Å²) in [6.07, 6.45) is 8.09. The maximum atomic E-state index is 4.63. The fourth-order valence-corrected chi connectivity index (χ4v) is 2.94. The molecule has 5 rings (SSSR count). The van der Waals surface area contributed by atoms with Crippen molar-refractivity contribution in [1.29, 1.82) is 0 Å². The van der Waals surface area contributed by atoms with Crippen LogP contribution in [0.5, 0.6) is 0 Å². The summed E-state index contributed by atoms with van der Waals surface area (Å²) < 4.78 is 0. The van der Waals surface area contributed by atoms with Crippen molar-refractivity contribution in [1.82, 2.24) is 19.9 Å². The van der Waals surface area contributed by atoms with Gasteiger partial charge in [0, 0.05) is 65.5 Å². The van der Waals surface area contributed by atoms with Crippen LogP contribution in [0, 0.1) is 0 Å². The molecule has 0 spiro atoms. The molecule has 0 saturated heterocycles. The molecule has 120 valence electrons. The van der Waals surface area contributed by atoms with Gasteiger partial charge in [0.25, 0.3) is 0 Å². The van der Waals surface area contributed by atoms with Crippen molar-refractivity contribution in [2.75, 3.05) is 0 Å². The summed E-state index contributed by atoms with van der Waals surface area (Å²) in [5.41, 5.74) is 7.86. The fourth-order valence-electron chi connectivity index (χ4n) is 2.94. The van der Waals surface area contributed by atoms with Gasteiger partial charge >= 0.3 is 0 Å². The molecule has 3 aromatic heterocycles.